The van der Waals surface area contributed by atoms with Gasteiger partial charge in [-0.2, -0.15) is 0 Å². The van der Waals surface area contributed by atoms with Crippen LogP contribution in [0.5, 0.6) is 0 Å². The smallest absolute Gasteiger partial charge is 0.422 e. The van der Waals surface area contributed by atoms with Gasteiger partial charge in [0.05, 0.1) is 0 Å². The van der Waals surface area contributed by atoms with Gasteiger partial charge in [-0.3, -0.25) is 0 Å². The van der Waals surface area contributed by atoms with Gasteiger partial charge in [-0.1, -0.05) is 102 Å². The number of rotatable bonds is 3. The zero-order valence-electron chi connectivity index (χ0n) is 18.1. The van der Waals surface area contributed by atoms with Crippen LogP contribution >= 0.6 is 0 Å². The first-order valence-electron chi connectivity index (χ1n) is 10.5. The molecule has 0 radical (unpaired) electrons. The SMILES string of the molecule is CC1=C(C)C(C)=C(C)C(=C(c2ccccc2)c2ccccc2)OB1c1ccccc1. The molecule has 1 aliphatic heterocycles. The van der Waals surface area contributed by atoms with Crippen LogP contribution in [0.1, 0.15) is 38.8 Å². The van der Waals surface area contributed by atoms with E-state index >= 15 is 0 Å². The molecule has 0 atom stereocenters. The highest BCUT2D eigenvalue weighted by Crippen LogP contribution is 2.37. The van der Waals surface area contributed by atoms with Crippen LogP contribution in [0.15, 0.2) is 119 Å². The van der Waals surface area contributed by atoms with E-state index in [1.807, 2.05) is 0 Å². The second kappa shape index (κ2) is 8.63. The first-order valence-corrected chi connectivity index (χ1v) is 10.5. The fraction of sp³-hybridized carbons (Fsp3) is 0.143. The van der Waals surface area contributed by atoms with Gasteiger partial charge in [-0.15, -0.1) is 0 Å². The van der Waals surface area contributed by atoms with Crippen LogP contribution < -0.4 is 5.46 Å². The zero-order chi connectivity index (χ0) is 21.1. The van der Waals surface area contributed by atoms with E-state index in [2.05, 4.69) is 119 Å². The van der Waals surface area contributed by atoms with Gasteiger partial charge in [-0.05, 0) is 55.4 Å². The van der Waals surface area contributed by atoms with Gasteiger partial charge in [0.1, 0.15) is 5.76 Å². The Balaban J connectivity index is 2.00. The minimum absolute atomic E-state index is 0.115. The molecule has 0 bridgehead atoms. The molecule has 0 amide bonds. The lowest BCUT2D eigenvalue weighted by Crippen LogP contribution is -2.35. The Kier molecular flexibility index (Phi) is 5.76. The molecule has 148 valence electrons. The van der Waals surface area contributed by atoms with Crippen molar-refractivity contribution >= 4 is 18.0 Å². The van der Waals surface area contributed by atoms with Gasteiger partial charge >= 0.3 is 6.92 Å². The summed E-state index contributed by atoms with van der Waals surface area (Å²) in [7, 11) is 0. The summed E-state index contributed by atoms with van der Waals surface area (Å²) >= 11 is 0. The molecule has 0 N–H and O–H groups in total. The summed E-state index contributed by atoms with van der Waals surface area (Å²) in [5, 5.41) is 0. The Morgan fingerprint density at radius 2 is 1.03 bits per heavy atom. The van der Waals surface area contributed by atoms with Crippen LogP contribution in [0.4, 0.5) is 0 Å². The minimum atomic E-state index is -0.115. The molecule has 0 unspecified atom stereocenters. The van der Waals surface area contributed by atoms with Gasteiger partial charge in [0.25, 0.3) is 0 Å². The van der Waals surface area contributed by atoms with Crippen LogP contribution in [-0.2, 0) is 4.65 Å². The molecule has 0 aromatic heterocycles. The number of allylic oxidation sites excluding steroid dienone is 4. The Labute approximate surface area is 180 Å². The van der Waals surface area contributed by atoms with E-state index in [0.717, 1.165) is 22.5 Å². The Bertz CT molecular complexity index is 1080. The Morgan fingerprint density at radius 3 is 1.53 bits per heavy atom. The summed E-state index contributed by atoms with van der Waals surface area (Å²) in [6.07, 6.45) is 0. The molecule has 2 heteroatoms. The highest BCUT2D eigenvalue weighted by molar-refractivity contribution is 6.74. The van der Waals surface area contributed by atoms with Gasteiger partial charge in [0.2, 0.25) is 0 Å². The van der Waals surface area contributed by atoms with Crippen LogP contribution in [-0.4, -0.2) is 6.92 Å². The average Bonchev–Trinajstić information content (AvgIpc) is 2.88. The minimum Gasteiger partial charge on any atom is -0.551 e. The van der Waals surface area contributed by atoms with Crippen LogP contribution in [0.2, 0.25) is 0 Å². The van der Waals surface area contributed by atoms with Crippen molar-refractivity contribution < 1.29 is 4.65 Å². The monoisotopic (exact) mass is 390 g/mol. The molecule has 3 aromatic carbocycles. The summed E-state index contributed by atoms with van der Waals surface area (Å²) in [5.74, 6) is 0.954. The lowest BCUT2D eigenvalue weighted by Gasteiger charge is -2.22. The largest absolute Gasteiger partial charge is 0.551 e. The molecule has 30 heavy (non-hydrogen) atoms. The summed E-state index contributed by atoms with van der Waals surface area (Å²) in [6.45, 7) is 8.67. The van der Waals surface area contributed by atoms with Crippen molar-refractivity contribution in [2.75, 3.05) is 0 Å². The molecular weight excluding hydrogens is 363 g/mol. The third kappa shape index (κ3) is 3.78. The van der Waals surface area contributed by atoms with Crippen molar-refractivity contribution in [2.45, 2.75) is 27.7 Å². The molecular formula is C28H27BO. The number of hydrogen-bond donors (Lipinski definition) is 0. The molecule has 0 saturated carbocycles. The third-order valence-electron chi connectivity index (χ3n) is 6.14. The molecule has 0 aliphatic carbocycles. The van der Waals surface area contributed by atoms with E-state index in [-0.39, 0.29) is 6.92 Å². The van der Waals surface area contributed by atoms with Gasteiger partial charge in [0, 0.05) is 5.57 Å². The highest BCUT2D eigenvalue weighted by Gasteiger charge is 2.31. The first-order chi connectivity index (χ1) is 14.6. The zero-order valence-corrected chi connectivity index (χ0v) is 18.1. The van der Waals surface area contributed by atoms with E-state index in [0.29, 0.717) is 0 Å². The lowest BCUT2D eigenvalue weighted by molar-refractivity contribution is 0.461. The van der Waals surface area contributed by atoms with E-state index in [1.54, 1.807) is 0 Å². The molecule has 0 fully saturated rings. The second-order valence-electron chi connectivity index (χ2n) is 7.90. The van der Waals surface area contributed by atoms with Crippen molar-refractivity contribution in [1.82, 2.24) is 0 Å². The normalized spacial score (nSPS) is 14.5. The topological polar surface area (TPSA) is 9.23 Å². The standard InChI is InChI=1S/C28H27BO/c1-20-21(2)23(4)29(26-18-12-7-13-19-26)30-28(22(20)3)27(24-14-8-5-9-15-24)25-16-10-6-11-17-25/h5-19H,1-4H3. The van der Waals surface area contributed by atoms with E-state index < -0.39 is 0 Å². The van der Waals surface area contributed by atoms with Crippen LogP contribution in [0.25, 0.3) is 5.57 Å². The lowest BCUT2D eigenvalue weighted by atomic mass is 9.54. The predicted molar refractivity (Wildman–Crippen MR) is 129 cm³/mol. The molecule has 3 aromatic rings. The summed E-state index contributed by atoms with van der Waals surface area (Å²) in [4.78, 5) is 0. The van der Waals surface area contributed by atoms with Gasteiger partial charge in [-0.25, -0.2) is 0 Å². The van der Waals surface area contributed by atoms with E-state index in [9.17, 15) is 0 Å². The summed E-state index contributed by atoms with van der Waals surface area (Å²) in [5.41, 5.74) is 9.67. The van der Waals surface area contributed by atoms with Crippen molar-refractivity contribution in [3.05, 3.63) is 130 Å². The van der Waals surface area contributed by atoms with Crippen molar-refractivity contribution in [3.8, 4) is 0 Å². The fourth-order valence-electron chi connectivity index (χ4n) is 4.07. The highest BCUT2D eigenvalue weighted by atomic mass is 16.4. The van der Waals surface area contributed by atoms with Crippen molar-refractivity contribution in [2.24, 2.45) is 0 Å². The van der Waals surface area contributed by atoms with Crippen molar-refractivity contribution in [1.29, 1.82) is 0 Å². The Morgan fingerprint density at radius 1 is 0.567 bits per heavy atom. The van der Waals surface area contributed by atoms with E-state index in [4.69, 9.17) is 4.65 Å². The molecule has 1 nitrogen and oxygen atoms in total. The molecule has 0 spiro atoms. The molecule has 0 saturated heterocycles. The maximum absolute atomic E-state index is 6.90. The number of hydrogen-bond acceptors (Lipinski definition) is 1. The second-order valence-corrected chi connectivity index (χ2v) is 7.90. The molecule has 1 heterocycles. The fourth-order valence-corrected chi connectivity index (χ4v) is 4.07. The van der Waals surface area contributed by atoms with Crippen LogP contribution in [0, 0.1) is 0 Å². The van der Waals surface area contributed by atoms with Crippen molar-refractivity contribution in [3.63, 3.8) is 0 Å². The average molecular weight is 390 g/mol. The van der Waals surface area contributed by atoms with Crippen LogP contribution in [0.3, 0.4) is 0 Å². The number of benzene rings is 3. The van der Waals surface area contributed by atoms with Gasteiger partial charge < -0.3 is 4.65 Å². The maximum Gasteiger partial charge on any atom is 0.422 e. The quantitative estimate of drug-likeness (QED) is 0.459. The Hall–Kier alpha value is -3.26. The molecule has 1 aliphatic rings. The van der Waals surface area contributed by atoms with E-state index in [1.165, 1.54) is 27.7 Å². The molecule has 4 rings (SSSR count). The van der Waals surface area contributed by atoms with Gasteiger partial charge in [0.15, 0.2) is 0 Å². The third-order valence-corrected chi connectivity index (χ3v) is 6.14. The first kappa shape index (κ1) is 20.0. The maximum atomic E-state index is 6.90. The predicted octanol–water partition coefficient (Wildman–Crippen LogP) is 6.59. The summed E-state index contributed by atoms with van der Waals surface area (Å²) in [6, 6.07) is 31.6. The summed E-state index contributed by atoms with van der Waals surface area (Å²) < 4.78 is 6.90.